The van der Waals surface area contributed by atoms with Crippen LogP contribution in [0, 0.1) is 13.8 Å². The number of allylic oxidation sites excluding steroid dienone is 4. The van der Waals surface area contributed by atoms with Gasteiger partial charge in [0.25, 0.3) is 0 Å². The first-order chi connectivity index (χ1) is 10.6. The lowest BCUT2D eigenvalue weighted by molar-refractivity contribution is 0.658. The number of hydrogen-bond acceptors (Lipinski definition) is 0. The van der Waals surface area contributed by atoms with Crippen LogP contribution in [0.1, 0.15) is 49.7 Å². The zero-order chi connectivity index (χ0) is 16.1. The summed E-state index contributed by atoms with van der Waals surface area (Å²) in [6.45, 7) is 11.9. The minimum absolute atomic E-state index is 1.08. The predicted octanol–water partition coefficient (Wildman–Crippen LogP) is 6.02. The van der Waals surface area contributed by atoms with Crippen LogP contribution in [0.4, 0.5) is 0 Å². The number of benzene rings is 1. The van der Waals surface area contributed by atoms with Gasteiger partial charge in [0.1, 0.15) is 0 Å². The molecule has 0 unspecified atom stereocenters. The molecule has 0 aliphatic heterocycles. The Morgan fingerprint density at radius 3 is 2.32 bits per heavy atom. The molecule has 1 heteroatoms. The molecule has 0 radical (unpaired) electrons. The monoisotopic (exact) mass is 293 g/mol. The Bertz CT molecular complexity index is 681. The topological polar surface area (TPSA) is 4.93 Å². The summed E-state index contributed by atoms with van der Waals surface area (Å²) in [5, 5.41) is 0. The van der Waals surface area contributed by atoms with Crippen LogP contribution in [-0.2, 0) is 6.54 Å². The second-order valence-electron chi connectivity index (χ2n) is 5.95. The average Bonchev–Trinajstić information content (AvgIpc) is 2.87. The van der Waals surface area contributed by atoms with Crippen LogP contribution in [0.3, 0.4) is 0 Å². The molecular weight excluding hydrogens is 266 g/mol. The van der Waals surface area contributed by atoms with Crippen molar-refractivity contribution in [2.45, 2.75) is 47.6 Å². The van der Waals surface area contributed by atoms with E-state index in [1.807, 2.05) is 0 Å². The number of nitrogens with zero attached hydrogens (tertiary/aromatic N) is 1. The molecule has 0 atom stereocenters. The molecule has 2 aromatic rings. The maximum atomic E-state index is 2.41. The first-order valence-electron chi connectivity index (χ1n) is 8.15. The predicted molar refractivity (Wildman–Crippen MR) is 97.9 cm³/mol. The van der Waals surface area contributed by atoms with Crippen LogP contribution in [0.15, 0.2) is 48.6 Å². The normalized spacial score (nSPS) is 12.8. The summed E-state index contributed by atoms with van der Waals surface area (Å²) >= 11 is 0. The molecule has 0 fully saturated rings. The summed E-state index contributed by atoms with van der Waals surface area (Å²) in [6.07, 6.45) is 5.64. The van der Waals surface area contributed by atoms with Crippen LogP contribution < -0.4 is 0 Å². The van der Waals surface area contributed by atoms with E-state index in [9.17, 15) is 0 Å². The van der Waals surface area contributed by atoms with Gasteiger partial charge >= 0.3 is 0 Å². The molecule has 0 aliphatic carbocycles. The van der Waals surface area contributed by atoms with E-state index in [0.29, 0.717) is 0 Å². The Morgan fingerprint density at radius 2 is 1.73 bits per heavy atom. The largest absolute Gasteiger partial charge is 0.345 e. The van der Waals surface area contributed by atoms with Crippen molar-refractivity contribution >= 4 is 11.1 Å². The van der Waals surface area contributed by atoms with Crippen molar-refractivity contribution in [1.82, 2.24) is 4.57 Å². The molecule has 116 valence electrons. The van der Waals surface area contributed by atoms with Crippen LogP contribution in [-0.4, -0.2) is 4.57 Å². The van der Waals surface area contributed by atoms with Gasteiger partial charge in [-0.05, 0) is 69.0 Å². The molecule has 0 aliphatic rings. The van der Waals surface area contributed by atoms with E-state index in [0.717, 1.165) is 13.0 Å². The van der Waals surface area contributed by atoms with Crippen molar-refractivity contribution in [3.63, 3.8) is 0 Å². The zero-order valence-electron chi connectivity index (χ0n) is 14.5. The highest BCUT2D eigenvalue weighted by Gasteiger charge is 2.07. The smallest absolute Gasteiger partial charge is 0.0438 e. The molecule has 1 heterocycles. The Kier molecular flexibility index (Phi) is 5.43. The van der Waals surface area contributed by atoms with E-state index in [4.69, 9.17) is 0 Å². The second-order valence-corrected chi connectivity index (χ2v) is 5.95. The Labute approximate surface area is 135 Å². The maximum absolute atomic E-state index is 2.41. The molecule has 0 spiro atoms. The van der Waals surface area contributed by atoms with Gasteiger partial charge in [-0.25, -0.2) is 0 Å². The van der Waals surface area contributed by atoms with Gasteiger partial charge in [0.05, 0.1) is 0 Å². The van der Waals surface area contributed by atoms with E-state index >= 15 is 0 Å². The van der Waals surface area contributed by atoms with E-state index in [2.05, 4.69) is 87.7 Å². The molecule has 0 saturated carbocycles. The standard InChI is InChI=1S/C21H27N/c1-6-14-22-18(5)10-13-21(22)17(4)15-19(7-2)20-11-8-16(3)9-12-20/h7-13,15H,6,14H2,1-5H3/b17-15+,19-7+. The highest BCUT2D eigenvalue weighted by atomic mass is 15.0. The summed E-state index contributed by atoms with van der Waals surface area (Å²) in [5.41, 5.74) is 7.83. The lowest BCUT2D eigenvalue weighted by Gasteiger charge is -2.12. The van der Waals surface area contributed by atoms with Gasteiger partial charge in [-0.3, -0.25) is 0 Å². The van der Waals surface area contributed by atoms with Crippen molar-refractivity contribution in [2.75, 3.05) is 0 Å². The van der Waals surface area contributed by atoms with Gasteiger partial charge in [0.2, 0.25) is 0 Å². The summed E-state index contributed by atoms with van der Waals surface area (Å²) in [7, 11) is 0. The summed E-state index contributed by atoms with van der Waals surface area (Å²) in [4.78, 5) is 0. The third-order valence-corrected chi connectivity index (χ3v) is 4.12. The van der Waals surface area contributed by atoms with Gasteiger partial charge in [0.15, 0.2) is 0 Å². The highest BCUT2D eigenvalue weighted by Crippen LogP contribution is 2.24. The molecule has 1 aromatic carbocycles. The van der Waals surface area contributed by atoms with Gasteiger partial charge in [0, 0.05) is 17.9 Å². The van der Waals surface area contributed by atoms with Crippen LogP contribution >= 0.6 is 0 Å². The fourth-order valence-corrected chi connectivity index (χ4v) is 2.82. The fourth-order valence-electron chi connectivity index (χ4n) is 2.82. The molecule has 2 rings (SSSR count). The summed E-state index contributed by atoms with van der Waals surface area (Å²) < 4.78 is 2.41. The molecule has 1 aromatic heterocycles. The number of hydrogen-bond donors (Lipinski definition) is 0. The number of rotatable bonds is 5. The quantitative estimate of drug-likeness (QED) is 0.594. The van der Waals surface area contributed by atoms with E-state index in [1.54, 1.807) is 0 Å². The molecule has 0 amide bonds. The van der Waals surface area contributed by atoms with E-state index < -0.39 is 0 Å². The Balaban J connectivity index is 2.36. The first kappa shape index (κ1) is 16.4. The van der Waals surface area contributed by atoms with Crippen LogP contribution in [0.25, 0.3) is 11.1 Å². The fraction of sp³-hybridized carbons (Fsp3) is 0.333. The molecule has 0 saturated heterocycles. The lowest BCUT2D eigenvalue weighted by atomic mass is 10.0. The zero-order valence-corrected chi connectivity index (χ0v) is 14.5. The third kappa shape index (κ3) is 3.59. The Morgan fingerprint density at radius 1 is 1.05 bits per heavy atom. The van der Waals surface area contributed by atoms with Crippen molar-refractivity contribution < 1.29 is 0 Å². The highest BCUT2D eigenvalue weighted by molar-refractivity contribution is 5.82. The number of aryl methyl sites for hydroxylation is 2. The van der Waals surface area contributed by atoms with Gasteiger partial charge in [-0.2, -0.15) is 0 Å². The van der Waals surface area contributed by atoms with E-state index in [-0.39, 0.29) is 0 Å². The maximum Gasteiger partial charge on any atom is 0.0438 e. The minimum Gasteiger partial charge on any atom is -0.345 e. The van der Waals surface area contributed by atoms with Gasteiger partial charge < -0.3 is 4.57 Å². The van der Waals surface area contributed by atoms with Crippen molar-refractivity contribution in [3.8, 4) is 0 Å². The van der Waals surface area contributed by atoms with E-state index in [1.165, 1.54) is 33.7 Å². The van der Waals surface area contributed by atoms with Crippen LogP contribution in [0.2, 0.25) is 0 Å². The second kappa shape index (κ2) is 7.31. The van der Waals surface area contributed by atoms with Gasteiger partial charge in [-0.1, -0.05) is 42.8 Å². The van der Waals surface area contributed by atoms with Crippen LogP contribution in [0.5, 0.6) is 0 Å². The lowest BCUT2D eigenvalue weighted by Crippen LogP contribution is -2.03. The summed E-state index contributed by atoms with van der Waals surface area (Å²) in [6, 6.07) is 13.2. The first-order valence-corrected chi connectivity index (χ1v) is 8.15. The Hall–Kier alpha value is -2.02. The minimum atomic E-state index is 1.08. The molecule has 22 heavy (non-hydrogen) atoms. The van der Waals surface area contributed by atoms with Gasteiger partial charge in [-0.15, -0.1) is 0 Å². The molecular formula is C21H27N. The average molecular weight is 293 g/mol. The van der Waals surface area contributed by atoms with Crippen molar-refractivity contribution in [2.24, 2.45) is 0 Å². The molecule has 0 bridgehead atoms. The van der Waals surface area contributed by atoms with Crippen molar-refractivity contribution in [1.29, 1.82) is 0 Å². The number of aromatic nitrogens is 1. The third-order valence-electron chi connectivity index (χ3n) is 4.12. The molecule has 0 N–H and O–H groups in total. The van der Waals surface area contributed by atoms with Crippen molar-refractivity contribution in [3.05, 3.63) is 71.1 Å². The molecule has 1 nitrogen and oxygen atoms in total. The summed E-state index contributed by atoms with van der Waals surface area (Å²) in [5.74, 6) is 0. The SMILES string of the molecule is C/C=C(\C=C(/C)c1ccc(C)n1CCC)c1ccc(C)cc1.